The molecule has 0 bridgehead atoms. The molecule has 0 aliphatic heterocycles. The van der Waals surface area contributed by atoms with Gasteiger partial charge in [0.05, 0.1) is 20.9 Å². The highest BCUT2D eigenvalue weighted by Gasteiger charge is 2.20. The quantitative estimate of drug-likeness (QED) is 0.258. The Morgan fingerprint density at radius 3 is 2.42 bits per heavy atom. The zero-order valence-corrected chi connectivity index (χ0v) is 18.8. The van der Waals surface area contributed by atoms with Crippen LogP contribution in [0, 0.1) is 0 Å². The predicted molar refractivity (Wildman–Crippen MR) is 138 cm³/mol. The third-order valence-electron chi connectivity index (χ3n) is 5.98. The Morgan fingerprint density at radius 2 is 1.52 bits per heavy atom. The Balaban J connectivity index is 1.62. The van der Waals surface area contributed by atoms with Crippen molar-refractivity contribution in [2.24, 2.45) is 0 Å². The summed E-state index contributed by atoms with van der Waals surface area (Å²) >= 11 is 8.17. The fraction of sp³-hybridized carbons (Fsp3) is 0. The molecule has 7 aromatic rings. The molecule has 0 fully saturated rings. The van der Waals surface area contributed by atoms with Crippen LogP contribution in [0.3, 0.4) is 0 Å². The SMILES string of the molecule is Clc1cccc2c1oc1cccc(-c3nc(-c4ccccc4)c4sc5ccccc5c4n3)c12. The number of rotatable bonds is 2. The van der Waals surface area contributed by atoms with E-state index in [0.717, 1.165) is 48.8 Å². The second kappa shape index (κ2) is 7.14. The lowest BCUT2D eigenvalue weighted by atomic mass is 10.0. The van der Waals surface area contributed by atoms with Crippen molar-refractivity contribution in [1.82, 2.24) is 9.97 Å². The molecule has 0 aliphatic rings. The molecule has 156 valence electrons. The molecule has 3 heterocycles. The summed E-state index contributed by atoms with van der Waals surface area (Å²) < 4.78 is 8.42. The second-order valence-electron chi connectivity index (χ2n) is 7.94. The number of thiophene rings is 1. The lowest BCUT2D eigenvalue weighted by Gasteiger charge is -2.08. The van der Waals surface area contributed by atoms with Crippen molar-refractivity contribution in [3.8, 4) is 22.6 Å². The first-order valence-electron chi connectivity index (χ1n) is 10.6. The monoisotopic (exact) mass is 462 g/mol. The molecule has 0 spiro atoms. The maximum Gasteiger partial charge on any atom is 0.161 e. The van der Waals surface area contributed by atoms with Crippen LogP contribution >= 0.6 is 22.9 Å². The number of furan rings is 1. The van der Waals surface area contributed by atoms with Gasteiger partial charge < -0.3 is 4.42 Å². The number of hydrogen-bond acceptors (Lipinski definition) is 4. The van der Waals surface area contributed by atoms with Gasteiger partial charge in [0, 0.05) is 32.0 Å². The molecule has 7 rings (SSSR count). The van der Waals surface area contributed by atoms with E-state index in [9.17, 15) is 0 Å². The number of halogens is 1. The Bertz CT molecular complexity index is 1840. The summed E-state index contributed by atoms with van der Waals surface area (Å²) in [7, 11) is 0. The summed E-state index contributed by atoms with van der Waals surface area (Å²) in [6.07, 6.45) is 0. The summed E-state index contributed by atoms with van der Waals surface area (Å²) in [6, 6.07) is 30.5. The van der Waals surface area contributed by atoms with Crippen LogP contribution in [0.1, 0.15) is 0 Å². The molecule has 0 amide bonds. The molecule has 0 aliphatic carbocycles. The molecule has 3 nitrogen and oxygen atoms in total. The lowest BCUT2D eigenvalue weighted by Crippen LogP contribution is -1.94. The van der Waals surface area contributed by atoms with E-state index in [4.69, 9.17) is 26.0 Å². The molecule has 0 N–H and O–H groups in total. The van der Waals surface area contributed by atoms with E-state index in [1.165, 1.54) is 4.70 Å². The van der Waals surface area contributed by atoms with Gasteiger partial charge in [-0.05, 0) is 18.2 Å². The van der Waals surface area contributed by atoms with E-state index >= 15 is 0 Å². The van der Waals surface area contributed by atoms with E-state index in [-0.39, 0.29) is 0 Å². The van der Waals surface area contributed by atoms with Crippen molar-refractivity contribution in [3.63, 3.8) is 0 Å². The van der Waals surface area contributed by atoms with Crippen LogP contribution < -0.4 is 0 Å². The lowest BCUT2D eigenvalue weighted by molar-refractivity contribution is 0.669. The van der Waals surface area contributed by atoms with Crippen LogP contribution in [-0.4, -0.2) is 9.97 Å². The summed E-state index contributed by atoms with van der Waals surface area (Å²) in [5, 5.41) is 3.69. The molecule has 5 heteroatoms. The van der Waals surface area contributed by atoms with Gasteiger partial charge in [-0.15, -0.1) is 11.3 Å². The van der Waals surface area contributed by atoms with E-state index in [2.05, 4.69) is 42.5 Å². The first-order valence-corrected chi connectivity index (χ1v) is 11.8. The molecule has 0 unspecified atom stereocenters. The van der Waals surface area contributed by atoms with Crippen LogP contribution in [0.15, 0.2) is 95.4 Å². The third kappa shape index (κ3) is 2.81. The molecule has 3 aromatic heterocycles. The number of fused-ring (bicyclic) bond motifs is 6. The fourth-order valence-electron chi connectivity index (χ4n) is 4.50. The van der Waals surface area contributed by atoms with Crippen LogP contribution in [0.4, 0.5) is 0 Å². The number of nitrogens with zero attached hydrogens (tertiary/aromatic N) is 2. The van der Waals surface area contributed by atoms with Gasteiger partial charge in [0.25, 0.3) is 0 Å². The average molecular weight is 463 g/mol. The summed E-state index contributed by atoms with van der Waals surface area (Å²) in [4.78, 5) is 10.2. The number of para-hydroxylation sites is 1. The van der Waals surface area contributed by atoms with Crippen LogP contribution in [0.2, 0.25) is 5.02 Å². The minimum Gasteiger partial charge on any atom is -0.454 e. The van der Waals surface area contributed by atoms with E-state index in [1.807, 2.05) is 48.5 Å². The zero-order chi connectivity index (χ0) is 21.9. The molecule has 0 saturated heterocycles. The smallest absolute Gasteiger partial charge is 0.161 e. The maximum atomic E-state index is 6.44. The van der Waals surface area contributed by atoms with Crippen LogP contribution in [0.5, 0.6) is 0 Å². The molecular formula is C28H15ClN2OS. The maximum absolute atomic E-state index is 6.44. The first-order chi connectivity index (χ1) is 16.3. The Morgan fingerprint density at radius 1 is 0.727 bits per heavy atom. The van der Waals surface area contributed by atoms with Gasteiger partial charge >= 0.3 is 0 Å². The number of aromatic nitrogens is 2. The van der Waals surface area contributed by atoms with Gasteiger partial charge in [-0.2, -0.15) is 0 Å². The van der Waals surface area contributed by atoms with Gasteiger partial charge in [-0.3, -0.25) is 0 Å². The molecule has 33 heavy (non-hydrogen) atoms. The third-order valence-corrected chi connectivity index (χ3v) is 7.45. The van der Waals surface area contributed by atoms with Crippen molar-refractivity contribution in [2.75, 3.05) is 0 Å². The summed E-state index contributed by atoms with van der Waals surface area (Å²) in [5.74, 6) is 0.679. The van der Waals surface area contributed by atoms with Crippen molar-refractivity contribution in [3.05, 3.63) is 96.0 Å². The Kier molecular flexibility index (Phi) is 4.07. The Labute approximate surface area is 197 Å². The predicted octanol–water partition coefficient (Wildman–Crippen LogP) is 8.73. The van der Waals surface area contributed by atoms with Crippen LogP contribution in [-0.2, 0) is 0 Å². The minimum absolute atomic E-state index is 0.597. The molecule has 0 atom stereocenters. The molecule has 4 aromatic carbocycles. The van der Waals surface area contributed by atoms with Crippen molar-refractivity contribution >= 4 is 65.2 Å². The van der Waals surface area contributed by atoms with E-state index in [0.29, 0.717) is 16.4 Å². The largest absolute Gasteiger partial charge is 0.454 e. The zero-order valence-electron chi connectivity index (χ0n) is 17.2. The highest BCUT2D eigenvalue weighted by Crippen LogP contribution is 2.42. The summed E-state index contributed by atoms with van der Waals surface area (Å²) in [5.41, 5.74) is 5.39. The molecular weight excluding hydrogens is 448 g/mol. The second-order valence-corrected chi connectivity index (χ2v) is 9.39. The van der Waals surface area contributed by atoms with Crippen LogP contribution in [0.25, 0.3) is 64.9 Å². The number of benzene rings is 4. The highest BCUT2D eigenvalue weighted by atomic mass is 35.5. The topological polar surface area (TPSA) is 38.9 Å². The van der Waals surface area contributed by atoms with Crippen molar-refractivity contribution in [1.29, 1.82) is 0 Å². The summed E-state index contributed by atoms with van der Waals surface area (Å²) in [6.45, 7) is 0. The normalized spacial score (nSPS) is 11.8. The van der Waals surface area contributed by atoms with Gasteiger partial charge in [-0.1, -0.05) is 84.4 Å². The Hall–Kier alpha value is -3.73. The molecule has 0 saturated carbocycles. The van der Waals surface area contributed by atoms with Crippen molar-refractivity contribution in [2.45, 2.75) is 0 Å². The highest BCUT2D eigenvalue weighted by molar-refractivity contribution is 7.26. The fourth-order valence-corrected chi connectivity index (χ4v) is 5.87. The van der Waals surface area contributed by atoms with Gasteiger partial charge in [-0.25, -0.2) is 9.97 Å². The van der Waals surface area contributed by atoms with Crippen molar-refractivity contribution < 1.29 is 4.42 Å². The van der Waals surface area contributed by atoms with Gasteiger partial charge in [0.2, 0.25) is 0 Å². The average Bonchev–Trinajstić information content (AvgIpc) is 3.43. The van der Waals surface area contributed by atoms with Gasteiger partial charge in [0.15, 0.2) is 11.4 Å². The van der Waals surface area contributed by atoms with E-state index in [1.54, 1.807) is 11.3 Å². The standard InChI is InChI=1S/C28H15ClN2OS/c29-20-13-6-11-18-23-19(12-7-14-21(23)32-26(18)20)28-30-24(16-8-2-1-3-9-16)27-25(31-28)17-10-4-5-15-22(17)33-27/h1-15H. The van der Waals surface area contributed by atoms with Gasteiger partial charge in [0.1, 0.15) is 5.58 Å². The minimum atomic E-state index is 0.597. The van der Waals surface area contributed by atoms with E-state index < -0.39 is 0 Å². The molecule has 0 radical (unpaired) electrons. The first kappa shape index (κ1) is 18.8. The number of hydrogen-bond donors (Lipinski definition) is 0.